The largest absolute Gasteiger partial charge is 0.487 e. The molecule has 1 aromatic carbocycles. The van der Waals surface area contributed by atoms with Crippen molar-refractivity contribution in [3.63, 3.8) is 0 Å². The average molecular weight is 485 g/mol. The number of amides is 2. The van der Waals surface area contributed by atoms with E-state index in [1.807, 2.05) is 52.0 Å². The van der Waals surface area contributed by atoms with Gasteiger partial charge in [-0.1, -0.05) is 32.0 Å². The molecule has 4 rings (SSSR count). The Bertz CT molecular complexity index is 987. The van der Waals surface area contributed by atoms with Crippen molar-refractivity contribution in [2.45, 2.75) is 89.4 Å². The maximum atomic E-state index is 13.4. The van der Waals surface area contributed by atoms with Crippen molar-refractivity contribution in [3.05, 3.63) is 29.8 Å². The molecule has 2 amide bonds. The number of hydrogen-bond acceptors (Lipinski definition) is 6. The molecule has 35 heavy (non-hydrogen) atoms. The summed E-state index contributed by atoms with van der Waals surface area (Å²) in [6, 6.07) is 7.57. The molecule has 0 aromatic heterocycles. The van der Waals surface area contributed by atoms with Gasteiger partial charge in [-0.2, -0.15) is 0 Å². The Morgan fingerprint density at radius 2 is 2.03 bits per heavy atom. The van der Waals surface area contributed by atoms with Crippen LogP contribution in [0.1, 0.15) is 77.8 Å². The van der Waals surface area contributed by atoms with E-state index in [2.05, 4.69) is 5.32 Å². The standard InChI is InChI=1S/C27H40N4O4/c1-6-27(7-2)16-23(32)31(25(28)30-27)21(12-13-34-5)18-14-19(18)24(33)29-20-15-26(3,4)35-22-11-9-8-10-17(20)22/h8-11,18-21H,6-7,12-16H2,1-5H3,(H2,28,30)(H,29,33)/t18-,19-,20+,21-/m1/s1. The summed E-state index contributed by atoms with van der Waals surface area (Å²) in [4.78, 5) is 33.1. The molecule has 0 bridgehead atoms. The number of carbonyl (C=O) groups is 2. The molecule has 1 aliphatic carbocycles. The average Bonchev–Trinajstić information content (AvgIpc) is 3.60. The highest BCUT2D eigenvalue weighted by molar-refractivity contribution is 5.99. The van der Waals surface area contributed by atoms with E-state index >= 15 is 0 Å². The van der Waals surface area contributed by atoms with Crippen molar-refractivity contribution in [1.82, 2.24) is 10.2 Å². The lowest BCUT2D eigenvalue weighted by atomic mass is 9.87. The van der Waals surface area contributed by atoms with Crippen LogP contribution in [0.5, 0.6) is 5.75 Å². The first-order valence-electron chi connectivity index (χ1n) is 12.9. The number of ether oxygens (including phenoxy) is 2. The molecule has 3 aliphatic rings. The molecule has 1 aromatic rings. The van der Waals surface area contributed by atoms with E-state index < -0.39 is 5.54 Å². The van der Waals surface area contributed by atoms with E-state index in [1.54, 1.807) is 12.0 Å². The topological polar surface area (TPSA) is 106 Å². The minimum absolute atomic E-state index is 0.00605. The molecule has 8 nitrogen and oxygen atoms in total. The summed E-state index contributed by atoms with van der Waals surface area (Å²) in [6.45, 7) is 8.66. The Hall–Kier alpha value is -2.61. The number of benzene rings is 1. The van der Waals surface area contributed by atoms with Crippen molar-refractivity contribution in [2.75, 3.05) is 13.7 Å². The summed E-state index contributed by atoms with van der Waals surface area (Å²) in [5.41, 5.74) is 6.60. The van der Waals surface area contributed by atoms with Gasteiger partial charge >= 0.3 is 0 Å². The number of methoxy groups -OCH3 is 1. The molecule has 192 valence electrons. The minimum Gasteiger partial charge on any atom is -0.487 e. The third kappa shape index (κ3) is 5.17. The van der Waals surface area contributed by atoms with Gasteiger partial charge in [0.2, 0.25) is 11.8 Å². The monoisotopic (exact) mass is 484 g/mol. The van der Waals surface area contributed by atoms with Crippen molar-refractivity contribution in [1.29, 1.82) is 0 Å². The smallest absolute Gasteiger partial charge is 0.231 e. The first-order chi connectivity index (χ1) is 16.6. The highest BCUT2D eigenvalue weighted by Crippen LogP contribution is 2.47. The lowest BCUT2D eigenvalue weighted by molar-refractivity contribution is -0.133. The summed E-state index contributed by atoms with van der Waals surface area (Å²) in [5, 5.41) is 3.28. The van der Waals surface area contributed by atoms with Gasteiger partial charge in [-0.15, -0.1) is 0 Å². The predicted molar refractivity (Wildman–Crippen MR) is 135 cm³/mol. The Balaban J connectivity index is 1.50. The van der Waals surface area contributed by atoms with Crippen LogP contribution < -0.4 is 15.8 Å². The van der Waals surface area contributed by atoms with Crippen molar-refractivity contribution >= 4 is 17.8 Å². The van der Waals surface area contributed by atoms with Crippen LogP contribution in [0.15, 0.2) is 29.3 Å². The second-order valence-electron chi connectivity index (χ2n) is 10.9. The minimum atomic E-state index is -0.424. The molecule has 0 saturated heterocycles. The van der Waals surface area contributed by atoms with Crippen LogP contribution >= 0.6 is 0 Å². The molecule has 1 fully saturated rings. The van der Waals surface area contributed by atoms with Crippen LogP contribution in [-0.2, 0) is 14.3 Å². The highest BCUT2D eigenvalue weighted by atomic mass is 16.5. The quantitative estimate of drug-likeness (QED) is 0.558. The zero-order valence-electron chi connectivity index (χ0n) is 21.7. The second-order valence-corrected chi connectivity index (χ2v) is 10.9. The summed E-state index contributed by atoms with van der Waals surface area (Å²) in [6.07, 6.45) is 3.92. The van der Waals surface area contributed by atoms with Gasteiger partial charge < -0.3 is 20.5 Å². The first kappa shape index (κ1) is 25.5. The number of guanidine groups is 1. The van der Waals surface area contributed by atoms with Crippen molar-refractivity contribution in [2.24, 2.45) is 22.6 Å². The SMILES string of the molecule is CCC1(CC)CC(=O)N([C@H](CCOC)[C@@H]2C[C@H]2C(=O)N[C@H]2CC(C)(C)Oc3ccccc32)C(N)=N1. The maximum absolute atomic E-state index is 13.4. The van der Waals surface area contributed by atoms with E-state index in [0.29, 0.717) is 25.9 Å². The molecule has 3 N–H and O–H groups in total. The molecule has 2 heterocycles. The van der Waals surface area contributed by atoms with E-state index in [0.717, 1.165) is 30.6 Å². The predicted octanol–water partition coefficient (Wildman–Crippen LogP) is 3.55. The number of aliphatic imine (C=N–C) groups is 1. The number of fused-ring (bicyclic) bond motifs is 1. The summed E-state index contributed by atoms with van der Waals surface area (Å²) < 4.78 is 11.5. The van der Waals surface area contributed by atoms with Gasteiger partial charge in [0.1, 0.15) is 11.4 Å². The van der Waals surface area contributed by atoms with Crippen LogP contribution in [0, 0.1) is 11.8 Å². The molecular weight excluding hydrogens is 444 g/mol. The zero-order valence-corrected chi connectivity index (χ0v) is 21.7. The molecule has 0 spiro atoms. The van der Waals surface area contributed by atoms with Gasteiger partial charge in [-0.25, -0.2) is 4.99 Å². The summed E-state index contributed by atoms with van der Waals surface area (Å²) in [5.74, 6) is 0.968. The van der Waals surface area contributed by atoms with Gasteiger partial charge in [0.15, 0.2) is 5.96 Å². The molecule has 2 aliphatic heterocycles. The van der Waals surface area contributed by atoms with Gasteiger partial charge in [0, 0.05) is 37.7 Å². The highest BCUT2D eigenvalue weighted by Gasteiger charge is 2.53. The number of nitrogens with two attached hydrogens (primary N) is 1. The van der Waals surface area contributed by atoms with Gasteiger partial charge in [0.25, 0.3) is 0 Å². The number of rotatable bonds is 9. The number of nitrogens with one attached hydrogen (secondary N) is 1. The molecular formula is C27H40N4O4. The molecule has 0 radical (unpaired) electrons. The maximum Gasteiger partial charge on any atom is 0.231 e. The summed E-state index contributed by atoms with van der Waals surface area (Å²) >= 11 is 0. The number of para-hydroxylation sites is 1. The summed E-state index contributed by atoms with van der Waals surface area (Å²) in [7, 11) is 1.65. The Kier molecular flexibility index (Phi) is 7.13. The van der Waals surface area contributed by atoms with Gasteiger partial charge in [0.05, 0.1) is 18.0 Å². The van der Waals surface area contributed by atoms with Crippen molar-refractivity contribution < 1.29 is 19.1 Å². The fourth-order valence-corrected chi connectivity index (χ4v) is 5.77. The number of carbonyl (C=O) groups excluding carboxylic acids is 2. The van der Waals surface area contributed by atoms with Crippen molar-refractivity contribution in [3.8, 4) is 5.75 Å². The lowest BCUT2D eigenvalue weighted by Gasteiger charge is -2.40. The van der Waals surface area contributed by atoms with Crippen LogP contribution in [0.25, 0.3) is 0 Å². The fraction of sp³-hybridized carbons (Fsp3) is 0.667. The zero-order chi connectivity index (χ0) is 25.4. The van der Waals surface area contributed by atoms with Gasteiger partial charge in [-0.3, -0.25) is 14.5 Å². The molecule has 1 saturated carbocycles. The molecule has 4 atom stereocenters. The Labute approximate surface area is 208 Å². The van der Waals surface area contributed by atoms with Crippen LogP contribution in [0.3, 0.4) is 0 Å². The van der Waals surface area contributed by atoms with Crippen LogP contribution in [0.2, 0.25) is 0 Å². The lowest BCUT2D eigenvalue weighted by Crippen LogP contribution is -2.56. The first-order valence-corrected chi connectivity index (χ1v) is 12.9. The van der Waals surface area contributed by atoms with E-state index in [1.165, 1.54) is 0 Å². The van der Waals surface area contributed by atoms with E-state index in [-0.39, 0.29) is 47.3 Å². The third-order valence-corrected chi connectivity index (χ3v) is 7.98. The van der Waals surface area contributed by atoms with Gasteiger partial charge in [-0.05, 0) is 51.5 Å². The van der Waals surface area contributed by atoms with Crippen LogP contribution in [-0.4, -0.2) is 53.6 Å². The Morgan fingerprint density at radius 3 is 2.69 bits per heavy atom. The fourth-order valence-electron chi connectivity index (χ4n) is 5.77. The van der Waals surface area contributed by atoms with Crippen LogP contribution in [0.4, 0.5) is 0 Å². The van der Waals surface area contributed by atoms with E-state index in [9.17, 15) is 9.59 Å². The second kappa shape index (κ2) is 9.80. The molecule has 8 heteroatoms. The normalized spacial score (nSPS) is 27.3. The van der Waals surface area contributed by atoms with E-state index in [4.69, 9.17) is 20.2 Å². The number of nitrogens with zero attached hydrogens (tertiary/aromatic N) is 2. The molecule has 0 unspecified atom stereocenters. The third-order valence-electron chi connectivity index (χ3n) is 7.98. The Morgan fingerprint density at radius 1 is 1.31 bits per heavy atom. The number of hydrogen-bond donors (Lipinski definition) is 2.